The summed E-state index contributed by atoms with van der Waals surface area (Å²) in [4.78, 5) is 15.3. The van der Waals surface area contributed by atoms with E-state index in [9.17, 15) is 13.2 Å². The summed E-state index contributed by atoms with van der Waals surface area (Å²) in [6.45, 7) is 1.30. The van der Waals surface area contributed by atoms with Gasteiger partial charge in [0.15, 0.2) is 5.69 Å². The largest absolute Gasteiger partial charge is 0.286 e. The standard InChI is InChI=1S/C28H32Cl2N6O3S2/c1-31-41(38,39)32-18-22-26(28(37)34-35-15-5-2-6-16-35)33-36(24-13-10-20(29)17-23(24)30)27(22)25-14-12-21(40-25)11-9-19-7-3-4-8-19/h10,12-14,17,19,31-32H,2-8,15-16,18H2,1H3,(H,34,37). The highest BCUT2D eigenvalue weighted by Gasteiger charge is 2.28. The van der Waals surface area contributed by atoms with E-state index < -0.39 is 16.1 Å². The summed E-state index contributed by atoms with van der Waals surface area (Å²) in [6, 6.07) is 8.88. The molecule has 0 radical (unpaired) electrons. The van der Waals surface area contributed by atoms with Crippen LogP contribution in [0.5, 0.6) is 0 Å². The average Bonchev–Trinajstić information content (AvgIpc) is 3.71. The van der Waals surface area contributed by atoms with Crippen molar-refractivity contribution in [1.29, 1.82) is 0 Å². The van der Waals surface area contributed by atoms with Crippen LogP contribution in [0.3, 0.4) is 0 Å². The minimum absolute atomic E-state index is 0.0994. The van der Waals surface area contributed by atoms with E-state index in [-0.39, 0.29) is 12.2 Å². The molecule has 0 unspecified atom stereocenters. The quantitative estimate of drug-likeness (QED) is 0.298. The first-order valence-corrected chi connectivity index (χ1v) is 16.7. The van der Waals surface area contributed by atoms with Crippen molar-refractivity contribution in [1.82, 2.24) is 29.7 Å². The summed E-state index contributed by atoms with van der Waals surface area (Å²) in [6.07, 6.45) is 7.75. The minimum atomic E-state index is -3.81. The van der Waals surface area contributed by atoms with E-state index in [0.29, 0.717) is 32.9 Å². The molecular formula is C28H32Cl2N6O3S2. The Kier molecular flexibility index (Phi) is 9.71. The number of carbonyl (C=O) groups excluding carboxylic acids is 1. The number of hydrogen-bond donors (Lipinski definition) is 3. The second-order valence-electron chi connectivity index (χ2n) is 10.1. The lowest BCUT2D eigenvalue weighted by Crippen LogP contribution is -2.45. The third kappa shape index (κ3) is 7.32. The smallest absolute Gasteiger partial charge is 0.283 e. The number of benzene rings is 1. The fourth-order valence-corrected chi connectivity index (χ4v) is 6.99. The van der Waals surface area contributed by atoms with E-state index in [4.69, 9.17) is 28.3 Å². The lowest BCUT2D eigenvalue weighted by atomic mass is 10.1. The number of halogens is 2. The number of hydrazine groups is 1. The molecule has 0 atom stereocenters. The summed E-state index contributed by atoms with van der Waals surface area (Å²) in [5.74, 6) is 6.69. The zero-order chi connectivity index (χ0) is 29.0. The van der Waals surface area contributed by atoms with Gasteiger partial charge in [-0.2, -0.15) is 18.2 Å². The normalized spacial score (nSPS) is 16.5. The molecular weight excluding hydrogens is 603 g/mol. The van der Waals surface area contributed by atoms with Crippen LogP contribution < -0.4 is 14.9 Å². The van der Waals surface area contributed by atoms with Crippen molar-refractivity contribution >= 4 is 50.7 Å². The predicted octanol–water partition coefficient (Wildman–Crippen LogP) is 5.13. The Balaban J connectivity index is 1.62. The van der Waals surface area contributed by atoms with Gasteiger partial charge in [-0.25, -0.2) is 14.4 Å². The van der Waals surface area contributed by atoms with Gasteiger partial charge in [0.2, 0.25) is 0 Å². The lowest BCUT2D eigenvalue weighted by Gasteiger charge is -2.26. The van der Waals surface area contributed by atoms with Crippen LogP contribution in [-0.2, 0) is 16.8 Å². The summed E-state index contributed by atoms with van der Waals surface area (Å²) in [5, 5.41) is 7.40. The Bertz CT molecular complexity index is 1580. The summed E-state index contributed by atoms with van der Waals surface area (Å²) < 4.78 is 31.2. The molecule has 1 saturated heterocycles. The van der Waals surface area contributed by atoms with E-state index in [0.717, 1.165) is 54.9 Å². The first-order chi connectivity index (χ1) is 19.7. The first-order valence-electron chi connectivity index (χ1n) is 13.7. The van der Waals surface area contributed by atoms with Crippen LogP contribution in [0.4, 0.5) is 0 Å². The second kappa shape index (κ2) is 13.3. The Morgan fingerprint density at radius 3 is 2.56 bits per heavy atom. The highest BCUT2D eigenvalue weighted by molar-refractivity contribution is 7.87. The number of thiophene rings is 1. The summed E-state index contributed by atoms with van der Waals surface area (Å²) in [5.41, 5.74) is 4.54. The van der Waals surface area contributed by atoms with Crippen LogP contribution in [0.1, 0.15) is 65.9 Å². The van der Waals surface area contributed by atoms with E-state index in [2.05, 4.69) is 26.7 Å². The molecule has 218 valence electrons. The summed E-state index contributed by atoms with van der Waals surface area (Å²) >= 11 is 14.3. The predicted molar refractivity (Wildman–Crippen MR) is 163 cm³/mol. The molecule has 2 aromatic heterocycles. The van der Waals surface area contributed by atoms with Gasteiger partial charge in [-0.3, -0.25) is 10.2 Å². The van der Waals surface area contributed by atoms with Crippen LogP contribution in [0.15, 0.2) is 30.3 Å². The van der Waals surface area contributed by atoms with Crippen molar-refractivity contribution in [2.45, 2.75) is 51.5 Å². The molecule has 5 rings (SSSR count). The Morgan fingerprint density at radius 2 is 1.85 bits per heavy atom. The molecule has 3 aromatic rings. The van der Waals surface area contributed by atoms with E-state index >= 15 is 0 Å². The highest BCUT2D eigenvalue weighted by Crippen LogP contribution is 2.37. The number of piperidine rings is 1. The first kappa shape index (κ1) is 30.0. The van der Waals surface area contributed by atoms with Gasteiger partial charge in [-0.15, -0.1) is 11.3 Å². The molecule has 1 amide bonds. The van der Waals surface area contributed by atoms with Crippen molar-refractivity contribution in [3.05, 3.63) is 56.5 Å². The molecule has 13 heteroatoms. The molecule has 1 saturated carbocycles. The van der Waals surface area contributed by atoms with Crippen LogP contribution in [0, 0.1) is 17.8 Å². The number of nitrogens with one attached hydrogen (secondary N) is 3. The zero-order valence-electron chi connectivity index (χ0n) is 22.7. The van der Waals surface area contributed by atoms with Crippen molar-refractivity contribution < 1.29 is 13.2 Å². The zero-order valence-corrected chi connectivity index (χ0v) is 25.8. The maximum absolute atomic E-state index is 13.7. The van der Waals surface area contributed by atoms with Gasteiger partial charge in [-0.1, -0.05) is 54.3 Å². The Hall–Kier alpha value is -2.43. The number of rotatable bonds is 8. The van der Waals surface area contributed by atoms with Crippen LogP contribution in [0.2, 0.25) is 10.0 Å². The van der Waals surface area contributed by atoms with Gasteiger partial charge < -0.3 is 0 Å². The minimum Gasteiger partial charge on any atom is -0.283 e. The van der Waals surface area contributed by atoms with E-state index in [1.807, 2.05) is 17.1 Å². The molecule has 2 fully saturated rings. The Morgan fingerprint density at radius 1 is 1.10 bits per heavy atom. The average molecular weight is 636 g/mol. The van der Waals surface area contributed by atoms with Gasteiger partial charge in [0.25, 0.3) is 16.1 Å². The van der Waals surface area contributed by atoms with Gasteiger partial charge in [0, 0.05) is 43.2 Å². The molecule has 0 bridgehead atoms. The molecule has 9 nitrogen and oxygen atoms in total. The molecule has 1 aromatic carbocycles. The lowest BCUT2D eigenvalue weighted by molar-refractivity contribution is 0.0743. The second-order valence-corrected chi connectivity index (χ2v) is 13.7. The van der Waals surface area contributed by atoms with Crippen molar-refractivity contribution in [2.75, 3.05) is 20.1 Å². The van der Waals surface area contributed by atoms with Gasteiger partial charge in [0.05, 0.1) is 26.2 Å². The molecule has 41 heavy (non-hydrogen) atoms. The summed E-state index contributed by atoms with van der Waals surface area (Å²) in [7, 11) is -2.49. The topological polar surface area (TPSA) is 108 Å². The van der Waals surface area contributed by atoms with Crippen molar-refractivity contribution in [2.24, 2.45) is 5.92 Å². The molecule has 3 N–H and O–H groups in total. The van der Waals surface area contributed by atoms with Crippen molar-refractivity contribution in [3.63, 3.8) is 0 Å². The third-order valence-corrected chi connectivity index (χ3v) is 9.86. The molecule has 2 aliphatic rings. The van der Waals surface area contributed by atoms with Crippen LogP contribution in [0.25, 0.3) is 16.3 Å². The maximum Gasteiger partial charge on any atom is 0.286 e. The Labute approximate surface area is 254 Å². The molecule has 1 aliphatic heterocycles. The third-order valence-electron chi connectivity index (χ3n) is 7.25. The van der Waals surface area contributed by atoms with Crippen LogP contribution in [-0.4, -0.2) is 49.3 Å². The van der Waals surface area contributed by atoms with Crippen LogP contribution >= 0.6 is 34.5 Å². The number of aromatic nitrogens is 2. The fourth-order valence-electron chi connectivity index (χ4n) is 5.10. The fraction of sp³-hybridized carbons (Fsp3) is 0.429. The van der Waals surface area contributed by atoms with Gasteiger partial charge in [0.1, 0.15) is 0 Å². The number of nitrogens with zero attached hydrogens (tertiary/aromatic N) is 3. The molecule has 3 heterocycles. The number of carbonyl (C=O) groups is 1. The highest BCUT2D eigenvalue weighted by atomic mass is 35.5. The van der Waals surface area contributed by atoms with Gasteiger partial charge in [-0.05, 0) is 56.0 Å². The number of hydrogen-bond acceptors (Lipinski definition) is 6. The molecule has 0 spiro atoms. The van der Waals surface area contributed by atoms with E-state index in [1.165, 1.54) is 31.2 Å². The monoisotopic (exact) mass is 634 g/mol. The van der Waals surface area contributed by atoms with Gasteiger partial charge >= 0.3 is 0 Å². The SMILES string of the molecule is CNS(=O)(=O)NCc1c(C(=O)NN2CCCCC2)nn(-c2ccc(Cl)cc2Cl)c1-c1ccc(C#CC2CCCC2)s1. The van der Waals surface area contributed by atoms with Crippen molar-refractivity contribution in [3.8, 4) is 28.1 Å². The van der Waals surface area contributed by atoms with E-state index in [1.54, 1.807) is 22.9 Å². The maximum atomic E-state index is 13.7. The number of amides is 1. The molecule has 1 aliphatic carbocycles.